The molecule has 25 heavy (non-hydrogen) atoms. The average molecular weight is 341 g/mol. The monoisotopic (exact) mass is 341 g/mol. The standard InChI is InChI=1S/C15H11N5O5/c21-11-6-10(15(24)25)12(22)5-9(11)14(23)16-8-3-1-2-7(4-8)13-17-19-20-18-13/h1-6,21-22H,(H,16,23)(H,24,25)(H,17,18,19,20). The molecule has 0 unspecified atom stereocenters. The Morgan fingerprint density at radius 1 is 1.04 bits per heavy atom. The average Bonchev–Trinajstić information content (AvgIpc) is 3.11. The van der Waals surface area contributed by atoms with Crippen molar-refractivity contribution in [3.63, 3.8) is 0 Å². The molecular weight excluding hydrogens is 330 g/mol. The lowest BCUT2D eigenvalue weighted by Gasteiger charge is -2.09. The summed E-state index contributed by atoms with van der Waals surface area (Å²) in [5, 5.41) is 44.2. The normalized spacial score (nSPS) is 10.4. The predicted octanol–water partition coefficient (Wildman–Crippen LogP) is 1.23. The number of phenols is 2. The highest BCUT2D eigenvalue weighted by Crippen LogP contribution is 2.28. The molecule has 5 N–H and O–H groups in total. The third-order valence-electron chi connectivity index (χ3n) is 3.33. The molecule has 0 bridgehead atoms. The van der Waals surface area contributed by atoms with Gasteiger partial charge in [-0.15, -0.1) is 5.10 Å². The summed E-state index contributed by atoms with van der Waals surface area (Å²) in [6, 6.07) is 8.29. The van der Waals surface area contributed by atoms with E-state index >= 15 is 0 Å². The van der Waals surface area contributed by atoms with E-state index in [4.69, 9.17) is 5.11 Å². The maximum atomic E-state index is 12.3. The summed E-state index contributed by atoms with van der Waals surface area (Å²) in [5.74, 6) is -2.94. The van der Waals surface area contributed by atoms with E-state index in [0.717, 1.165) is 12.1 Å². The summed E-state index contributed by atoms with van der Waals surface area (Å²) in [4.78, 5) is 23.2. The quantitative estimate of drug-likeness (QED) is 0.443. The van der Waals surface area contributed by atoms with Crippen molar-refractivity contribution in [1.82, 2.24) is 20.6 Å². The molecule has 0 fully saturated rings. The number of benzene rings is 2. The number of nitrogens with zero attached hydrogens (tertiary/aromatic N) is 3. The fourth-order valence-electron chi connectivity index (χ4n) is 2.15. The molecule has 0 radical (unpaired) electrons. The van der Waals surface area contributed by atoms with Crippen molar-refractivity contribution in [2.75, 3.05) is 5.32 Å². The summed E-state index contributed by atoms with van der Waals surface area (Å²) >= 11 is 0. The van der Waals surface area contributed by atoms with Crippen LogP contribution in [0.15, 0.2) is 36.4 Å². The number of H-pyrrole nitrogens is 1. The zero-order valence-electron chi connectivity index (χ0n) is 12.5. The van der Waals surface area contributed by atoms with Gasteiger partial charge in [-0.3, -0.25) is 4.79 Å². The van der Waals surface area contributed by atoms with E-state index in [-0.39, 0.29) is 5.56 Å². The summed E-state index contributed by atoms with van der Waals surface area (Å²) in [7, 11) is 0. The second-order valence-corrected chi connectivity index (χ2v) is 4.98. The number of carbonyl (C=O) groups is 2. The second-order valence-electron chi connectivity index (χ2n) is 4.98. The van der Waals surface area contributed by atoms with Crippen LogP contribution in [0.1, 0.15) is 20.7 Å². The number of aromatic carboxylic acids is 1. The fourth-order valence-corrected chi connectivity index (χ4v) is 2.15. The first-order chi connectivity index (χ1) is 12.0. The molecule has 3 aromatic rings. The summed E-state index contributed by atoms with van der Waals surface area (Å²) in [5.41, 5.74) is 0.235. The largest absolute Gasteiger partial charge is 0.507 e. The van der Waals surface area contributed by atoms with E-state index in [9.17, 15) is 19.8 Å². The number of carboxylic acids is 1. The molecule has 3 rings (SSSR count). The lowest BCUT2D eigenvalue weighted by molar-refractivity contribution is 0.0692. The van der Waals surface area contributed by atoms with Crippen molar-refractivity contribution in [3.05, 3.63) is 47.5 Å². The Morgan fingerprint density at radius 3 is 2.44 bits per heavy atom. The summed E-state index contributed by atoms with van der Waals surface area (Å²) < 4.78 is 0. The molecule has 10 heteroatoms. The van der Waals surface area contributed by atoms with Gasteiger partial charge >= 0.3 is 5.97 Å². The molecule has 1 amide bonds. The van der Waals surface area contributed by atoms with Gasteiger partial charge < -0.3 is 20.6 Å². The van der Waals surface area contributed by atoms with Crippen LogP contribution in [0.4, 0.5) is 5.69 Å². The van der Waals surface area contributed by atoms with Gasteiger partial charge in [0.25, 0.3) is 5.91 Å². The first kappa shape index (κ1) is 15.9. The molecule has 0 atom stereocenters. The zero-order chi connectivity index (χ0) is 18.0. The molecule has 1 heterocycles. The van der Waals surface area contributed by atoms with Gasteiger partial charge in [0.2, 0.25) is 0 Å². The van der Waals surface area contributed by atoms with E-state index in [2.05, 4.69) is 25.9 Å². The number of nitrogens with one attached hydrogen (secondary N) is 2. The Kier molecular flexibility index (Phi) is 4.00. The van der Waals surface area contributed by atoms with Gasteiger partial charge in [-0.1, -0.05) is 12.1 Å². The van der Waals surface area contributed by atoms with Crippen LogP contribution in [0, 0.1) is 0 Å². The Morgan fingerprint density at radius 2 is 1.76 bits per heavy atom. The van der Waals surface area contributed by atoms with Crippen molar-refractivity contribution in [2.24, 2.45) is 0 Å². The topological polar surface area (TPSA) is 161 Å². The number of hydrogen-bond donors (Lipinski definition) is 5. The molecule has 0 aliphatic rings. The minimum absolute atomic E-state index is 0.269. The molecule has 1 aromatic heterocycles. The highest BCUT2D eigenvalue weighted by Gasteiger charge is 2.19. The molecule has 0 saturated heterocycles. The van der Waals surface area contributed by atoms with Crippen LogP contribution in [0.2, 0.25) is 0 Å². The first-order valence-corrected chi connectivity index (χ1v) is 6.90. The van der Waals surface area contributed by atoms with Gasteiger partial charge in [-0.2, -0.15) is 0 Å². The van der Waals surface area contributed by atoms with Crippen LogP contribution in [0.3, 0.4) is 0 Å². The minimum atomic E-state index is -1.42. The Balaban J connectivity index is 1.87. The van der Waals surface area contributed by atoms with Crippen LogP contribution in [-0.4, -0.2) is 47.8 Å². The molecular formula is C15H11N5O5. The molecule has 126 valence electrons. The van der Waals surface area contributed by atoms with Crippen molar-refractivity contribution in [1.29, 1.82) is 0 Å². The van der Waals surface area contributed by atoms with Crippen molar-refractivity contribution in [2.45, 2.75) is 0 Å². The second kappa shape index (κ2) is 6.28. The summed E-state index contributed by atoms with van der Waals surface area (Å²) in [6.45, 7) is 0. The highest BCUT2D eigenvalue weighted by atomic mass is 16.4. The number of aromatic hydroxyl groups is 2. The maximum Gasteiger partial charge on any atom is 0.339 e. The molecule has 0 spiro atoms. The van der Waals surface area contributed by atoms with Crippen LogP contribution < -0.4 is 5.32 Å². The van der Waals surface area contributed by atoms with Gasteiger partial charge in [0.15, 0.2) is 5.82 Å². The van der Waals surface area contributed by atoms with Crippen LogP contribution in [0.5, 0.6) is 11.5 Å². The lowest BCUT2D eigenvalue weighted by Crippen LogP contribution is -2.13. The highest BCUT2D eigenvalue weighted by molar-refractivity contribution is 6.07. The number of anilines is 1. The van der Waals surface area contributed by atoms with Gasteiger partial charge in [-0.25, -0.2) is 9.89 Å². The summed E-state index contributed by atoms with van der Waals surface area (Å²) in [6.07, 6.45) is 0. The smallest absolute Gasteiger partial charge is 0.339 e. The Labute approximate surface area is 139 Å². The lowest BCUT2D eigenvalue weighted by atomic mass is 10.1. The number of carbonyl (C=O) groups excluding carboxylic acids is 1. The van der Waals surface area contributed by atoms with Crippen LogP contribution in [-0.2, 0) is 0 Å². The van der Waals surface area contributed by atoms with E-state index in [1.807, 2.05) is 0 Å². The van der Waals surface area contributed by atoms with Crippen molar-refractivity contribution < 1.29 is 24.9 Å². The molecule has 10 nitrogen and oxygen atoms in total. The number of hydrogen-bond acceptors (Lipinski definition) is 7. The van der Waals surface area contributed by atoms with Gasteiger partial charge in [0, 0.05) is 11.3 Å². The van der Waals surface area contributed by atoms with Gasteiger partial charge in [0.05, 0.1) is 5.56 Å². The zero-order valence-corrected chi connectivity index (χ0v) is 12.5. The molecule has 0 saturated carbocycles. The molecule has 0 aliphatic carbocycles. The van der Waals surface area contributed by atoms with E-state index in [0.29, 0.717) is 17.1 Å². The number of rotatable bonds is 4. The number of amides is 1. The van der Waals surface area contributed by atoms with Crippen molar-refractivity contribution in [3.8, 4) is 22.9 Å². The molecule has 0 aliphatic heterocycles. The molecule has 2 aromatic carbocycles. The number of aromatic amines is 1. The van der Waals surface area contributed by atoms with E-state index in [1.54, 1.807) is 24.3 Å². The fraction of sp³-hybridized carbons (Fsp3) is 0. The van der Waals surface area contributed by atoms with Crippen LogP contribution >= 0.6 is 0 Å². The SMILES string of the molecule is O=C(O)c1cc(O)c(C(=O)Nc2cccc(-c3nnn[nH]3)c2)cc1O. The van der Waals surface area contributed by atoms with Crippen LogP contribution in [0.25, 0.3) is 11.4 Å². The third-order valence-corrected chi connectivity index (χ3v) is 3.33. The minimum Gasteiger partial charge on any atom is -0.507 e. The number of carboxylic acid groups (broad SMARTS) is 1. The van der Waals surface area contributed by atoms with E-state index in [1.165, 1.54) is 0 Å². The van der Waals surface area contributed by atoms with Gasteiger partial charge in [0.1, 0.15) is 17.1 Å². The number of phenolic OH excluding ortho intramolecular Hbond substituents is 1. The first-order valence-electron chi connectivity index (χ1n) is 6.90. The van der Waals surface area contributed by atoms with E-state index < -0.39 is 28.9 Å². The number of aromatic nitrogens is 4. The Hall–Kier alpha value is -3.95. The van der Waals surface area contributed by atoms with Gasteiger partial charge in [-0.05, 0) is 34.7 Å². The number of tetrazole rings is 1. The van der Waals surface area contributed by atoms with Crippen molar-refractivity contribution >= 4 is 17.6 Å². The third kappa shape index (κ3) is 3.22. The Bertz CT molecular complexity index is 955. The maximum absolute atomic E-state index is 12.3. The predicted molar refractivity (Wildman–Crippen MR) is 84.3 cm³/mol.